The maximum absolute atomic E-state index is 11.3. The van der Waals surface area contributed by atoms with Crippen molar-refractivity contribution >= 4 is 0 Å². The van der Waals surface area contributed by atoms with Crippen LogP contribution in [0.2, 0.25) is 0 Å². The highest BCUT2D eigenvalue weighted by Crippen LogP contribution is 2.36. The molecule has 5 rings (SSSR count). The van der Waals surface area contributed by atoms with Crippen LogP contribution in [0.3, 0.4) is 0 Å². The van der Waals surface area contributed by atoms with Crippen LogP contribution in [0.4, 0.5) is 0 Å². The zero-order chi connectivity index (χ0) is 78.8. The van der Waals surface area contributed by atoms with Gasteiger partial charge >= 0.3 is 28.8 Å². The fraction of sp³-hybridized carbons (Fsp3) is 0.837. The first-order valence-electron chi connectivity index (χ1n) is 45.3. The van der Waals surface area contributed by atoms with Gasteiger partial charge in [-0.1, -0.05) is 411 Å². The van der Waals surface area contributed by atoms with E-state index in [-0.39, 0.29) is 45.0 Å². The van der Waals surface area contributed by atoms with E-state index in [9.17, 15) is 24.0 Å². The fourth-order valence-electron chi connectivity index (χ4n) is 15.1. The largest absolute Gasteiger partial charge is 0.416 e. The van der Waals surface area contributed by atoms with E-state index in [1.807, 2.05) is 0 Å². The van der Waals surface area contributed by atoms with Gasteiger partial charge < -0.3 is 22.1 Å². The SMILES string of the molecule is CCCCCCCCCCCCC(C)(C)c1coc(=O)[nH]1.CCCCCCCCCCCCC(C)(CC)c1coc(=O)[nH]1.CCCCCCCCCCCCC(C)c1coc(=O)[nH]1.CCCCCCCCCCCCC(CC)(CC)c1coc(=O)[nH]1.CCCCCCCCCCCCC(CC)c1coc(=O)[nH]1. The third-order valence-electron chi connectivity index (χ3n) is 23.3. The molecular formula is C92H169N5O10. The van der Waals surface area contributed by atoms with Gasteiger partial charge in [0.25, 0.3) is 0 Å². The summed E-state index contributed by atoms with van der Waals surface area (Å²) >= 11 is 0. The first kappa shape index (κ1) is 100. The third-order valence-corrected chi connectivity index (χ3v) is 23.3. The summed E-state index contributed by atoms with van der Waals surface area (Å²) in [4.78, 5) is 69.5. The minimum Gasteiger partial charge on any atom is -0.416 e. The number of hydrogen-bond donors (Lipinski definition) is 5. The second kappa shape index (κ2) is 66.8. The molecule has 3 atom stereocenters. The smallest absolute Gasteiger partial charge is 0.416 e. The molecule has 0 amide bonds. The lowest BCUT2D eigenvalue weighted by Gasteiger charge is -2.30. The molecule has 15 heteroatoms. The van der Waals surface area contributed by atoms with Crippen molar-refractivity contribution in [2.24, 2.45) is 0 Å². The van der Waals surface area contributed by atoms with Gasteiger partial charge in [0, 0.05) is 22.2 Å². The normalized spacial score (nSPS) is 12.7. The predicted molar refractivity (Wildman–Crippen MR) is 453 cm³/mol. The molecule has 0 bridgehead atoms. The van der Waals surface area contributed by atoms with Crippen molar-refractivity contribution in [3.05, 3.63) is 113 Å². The average molecular weight is 1510 g/mol. The number of rotatable bonds is 64. The third kappa shape index (κ3) is 50.5. The topological polar surface area (TPSA) is 230 Å². The van der Waals surface area contributed by atoms with Crippen molar-refractivity contribution in [2.75, 3.05) is 0 Å². The molecule has 0 aromatic carbocycles. The summed E-state index contributed by atoms with van der Waals surface area (Å²) in [5, 5.41) is 0. The van der Waals surface area contributed by atoms with Gasteiger partial charge in [0.1, 0.15) is 31.3 Å². The molecule has 0 fully saturated rings. The van der Waals surface area contributed by atoms with Gasteiger partial charge in [0.2, 0.25) is 0 Å². The Labute approximate surface area is 653 Å². The molecule has 107 heavy (non-hydrogen) atoms. The molecule has 5 aromatic heterocycles. The molecule has 5 heterocycles. The van der Waals surface area contributed by atoms with Crippen LogP contribution in [-0.4, -0.2) is 24.9 Å². The van der Waals surface area contributed by atoms with Crippen molar-refractivity contribution in [3.8, 4) is 0 Å². The summed E-state index contributed by atoms with van der Waals surface area (Å²) in [6, 6.07) is 0. The van der Waals surface area contributed by atoms with Crippen LogP contribution in [0.5, 0.6) is 0 Å². The summed E-state index contributed by atoms with van der Waals surface area (Å²) in [5.74, 6) is -0.823. The van der Waals surface area contributed by atoms with E-state index in [0.29, 0.717) is 11.8 Å². The minimum absolute atomic E-state index is 0.00626. The van der Waals surface area contributed by atoms with Crippen LogP contribution >= 0.6 is 0 Å². The summed E-state index contributed by atoms with van der Waals surface area (Å²) in [6.45, 7) is 28.8. The van der Waals surface area contributed by atoms with Gasteiger partial charge in [0.05, 0.1) is 28.5 Å². The van der Waals surface area contributed by atoms with Crippen molar-refractivity contribution in [1.29, 1.82) is 0 Å². The second-order valence-electron chi connectivity index (χ2n) is 32.9. The average Bonchev–Trinajstić information content (AvgIpc) is 1.76. The van der Waals surface area contributed by atoms with Gasteiger partial charge in [-0.3, -0.25) is 24.9 Å². The molecule has 5 N–H and O–H groups in total. The Morgan fingerprint density at radius 2 is 0.551 bits per heavy atom. The zero-order valence-electron chi connectivity index (χ0n) is 71.8. The van der Waals surface area contributed by atoms with Crippen molar-refractivity contribution in [1.82, 2.24) is 24.9 Å². The van der Waals surface area contributed by atoms with Gasteiger partial charge in [-0.05, 0) is 63.7 Å². The Morgan fingerprint density at radius 3 is 0.850 bits per heavy atom. The van der Waals surface area contributed by atoms with E-state index < -0.39 is 0 Å². The number of H-pyrrole nitrogens is 5. The Morgan fingerprint density at radius 1 is 0.280 bits per heavy atom. The van der Waals surface area contributed by atoms with Crippen LogP contribution in [0.25, 0.3) is 0 Å². The zero-order valence-corrected chi connectivity index (χ0v) is 71.8. The highest BCUT2D eigenvalue weighted by molar-refractivity contribution is 5.12. The van der Waals surface area contributed by atoms with Gasteiger partial charge in [-0.2, -0.15) is 0 Å². The van der Waals surface area contributed by atoms with E-state index in [2.05, 4.69) is 115 Å². The predicted octanol–water partition coefficient (Wildman–Crippen LogP) is 29.0. The lowest BCUT2D eigenvalue weighted by atomic mass is 9.75. The molecule has 0 spiro atoms. The molecule has 0 aliphatic heterocycles. The van der Waals surface area contributed by atoms with Crippen LogP contribution in [0.15, 0.2) is 77.4 Å². The minimum atomic E-state index is -0.346. The first-order chi connectivity index (χ1) is 51.9. The number of aromatic nitrogens is 5. The Balaban J connectivity index is 0.000000669. The standard InChI is InChI=1S/C20H37NO2.C19H35NO2.2C18H33NO2.C17H31NO2/c1-4-7-8-9-10-11-12-13-14-15-16-20(5-2,6-3)18-17-23-19(22)21-18;1-4-6-7-8-9-10-11-12-13-14-15-19(3,5-2)17-16-22-18(21)20-17;1-4-5-6-7-8-9-10-11-12-13-14-18(2,3)16-15-21-17(20)19-16;1-3-5-6-7-8-9-10-11-12-13-14-16(4-2)17-15-21-18(20)19-17;1-3-4-5-6-7-8-9-10-11-12-13-15(2)16-14-20-17(19)18-16/h17H,4-16H2,1-3H3,(H,21,22);16H,4-15H2,1-3H3,(H,20,21);15H,4-14H2,1-3H3,(H,19,20);15-16H,3-14H2,1-2H3,(H,19,20);14-15H,3-13H2,1-2H3,(H,18,19). The maximum atomic E-state index is 11.3. The van der Waals surface area contributed by atoms with Gasteiger partial charge in [-0.15, -0.1) is 0 Å². The molecule has 15 nitrogen and oxygen atoms in total. The summed E-state index contributed by atoms with van der Waals surface area (Å²) < 4.78 is 24.3. The molecule has 3 unspecified atom stereocenters. The Hall–Kier alpha value is -4.95. The van der Waals surface area contributed by atoms with Crippen molar-refractivity contribution in [3.63, 3.8) is 0 Å². The van der Waals surface area contributed by atoms with Crippen molar-refractivity contribution < 1.29 is 22.1 Å². The van der Waals surface area contributed by atoms with Crippen molar-refractivity contribution in [2.45, 2.75) is 497 Å². The molecule has 0 radical (unpaired) electrons. The molecule has 0 aliphatic carbocycles. The molecule has 622 valence electrons. The lowest BCUT2D eigenvalue weighted by Crippen LogP contribution is -2.25. The summed E-state index contributed by atoms with van der Waals surface area (Å²) in [6.07, 6.45) is 85.9. The van der Waals surface area contributed by atoms with Crippen LogP contribution in [-0.2, 0) is 16.2 Å². The number of aromatic amines is 5. The number of oxazole rings is 5. The Kier molecular flexibility index (Phi) is 62.5. The van der Waals surface area contributed by atoms with E-state index in [1.165, 1.54) is 321 Å². The van der Waals surface area contributed by atoms with Crippen LogP contribution in [0, 0.1) is 0 Å². The molecule has 5 aromatic rings. The summed E-state index contributed by atoms with van der Waals surface area (Å²) in [7, 11) is 0. The first-order valence-corrected chi connectivity index (χ1v) is 45.3. The number of nitrogens with one attached hydrogen (secondary N) is 5. The molecule has 0 saturated heterocycles. The van der Waals surface area contributed by atoms with E-state index in [0.717, 1.165) is 86.3 Å². The van der Waals surface area contributed by atoms with Gasteiger partial charge in [-0.25, -0.2) is 24.0 Å². The summed E-state index contributed by atoms with van der Waals surface area (Å²) in [5.41, 5.74) is 4.91. The lowest BCUT2D eigenvalue weighted by molar-refractivity contribution is 0.338. The second-order valence-corrected chi connectivity index (χ2v) is 32.9. The Bertz CT molecular complexity index is 2990. The highest BCUT2D eigenvalue weighted by Gasteiger charge is 2.31. The molecule has 0 aliphatic rings. The number of hydrogen-bond acceptors (Lipinski definition) is 10. The van der Waals surface area contributed by atoms with E-state index in [1.54, 1.807) is 31.3 Å². The van der Waals surface area contributed by atoms with E-state index in [4.69, 9.17) is 22.1 Å². The van der Waals surface area contributed by atoms with Crippen LogP contribution < -0.4 is 28.8 Å². The number of unbranched alkanes of at least 4 members (excludes halogenated alkanes) is 45. The molecular weight excluding hydrogens is 1340 g/mol. The quantitative estimate of drug-likeness (QED) is 0.0231. The molecule has 0 saturated carbocycles. The highest BCUT2D eigenvalue weighted by atomic mass is 16.4. The van der Waals surface area contributed by atoms with Crippen LogP contribution in [0.1, 0.15) is 509 Å². The monoisotopic (exact) mass is 1500 g/mol. The maximum Gasteiger partial charge on any atom is 0.416 e. The fourth-order valence-corrected chi connectivity index (χ4v) is 15.1. The van der Waals surface area contributed by atoms with Gasteiger partial charge in [0.15, 0.2) is 0 Å². The van der Waals surface area contributed by atoms with E-state index >= 15 is 0 Å².